The summed E-state index contributed by atoms with van der Waals surface area (Å²) in [6.07, 6.45) is 0. The average molecular weight is 296 g/mol. The number of ketones is 1. The third kappa shape index (κ3) is 3.56. The van der Waals surface area contributed by atoms with Gasteiger partial charge in [0.1, 0.15) is 0 Å². The predicted molar refractivity (Wildman–Crippen MR) is 94.3 cm³/mol. The highest BCUT2D eigenvalue weighted by molar-refractivity contribution is 5.96. The van der Waals surface area contributed by atoms with Gasteiger partial charge in [-0.25, -0.2) is 0 Å². The van der Waals surface area contributed by atoms with Crippen molar-refractivity contribution >= 4 is 5.78 Å². The highest BCUT2D eigenvalue weighted by atomic mass is 16.1. The Morgan fingerprint density at radius 3 is 2.00 bits per heavy atom. The minimum absolute atomic E-state index is 0.0364. The molecule has 0 unspecified atom stereocenters. The molecule has 1 nitrogen and oxygen atoms in total. The minimum Gasteiger partial charge on any atom is -0.294 e. The number of carbonyl (C=O) groups is 1. The molecule has 110 valence electrons. The van der Waals surface area contributed by atoms with Gasteiger partial charge in [0.25, 0.3) is 0 Å². The first-order valence-corrected chi connectivity index (χ1v) is 7.51. The number of hydrogen-bond acceptors (Lipinski definition) is 1. The van der Waals surface area contributed by atoms with Crippen LogP contribution in [-0.2, 0) is 0 Å². The largest absolute Gasteiger partial charge is 0.294 e. The summed E-state index contributed by atoms with van der Waals surface area (Å²) in [6, 6.07) is 25.8. The molecule has 0 aliphatic carbocycles. The zero-order valence-corrected chi connectivity index (χ0v) is 12.9. The van der Waals surface area contributed by atoms with E-state index in [0.717, 1.165) is 11.1 Å². The van der Waals surface area contributed by atoms with Crippen LogP contribution in [0.1, 0.15) is 28.4 Å². The molecule has 0 aromatic heterocycles. The molecular formula is C22H16O. The summed E-state index contributed by atoms with van der Waals surface area (Å²) >= 11 is 0. The van der Waals surface area contributed by atoms with Crippen molar-refractivity contribution in [2.24, 2.45) is 0 Å². The number of carbonyl (C=O) groups excluding carboxylic acids is 1. The second-order valence-corrected chi connectivity index (χ2v) is 5.30. The van der Waals surface area contributed by atoms with Crippen LogP contribution in [0.15, 0.2) is 78.9 Å². The molecular weight excluding hydrogens is 280 g/mol. The minimum atomic E-state index is 0.0364. The van der Waals surface area contributed by atoms with Crippen LogP contribution in [0.5, 0.6) is 0 Å². The molecule has 3 rings (SSSR count). The topological polar surface area (TPSA) is 17.1 Å². The molecule has 0 saturated carbocycles. The molecule has 0 amide bonds. The first kappa shape index (κ1) is 14.8. The Kier molecular flexibility index (Phi) is 4.36. The van der Waals surface area contributed by atoms with Gasteiger partial charge in [0.15, 0.2) is 5.78 Å². The van der Waals surface area contributed by atoms with Crippen LogP contribution < -0.4 is 0 Å². The fourth-order valence-electron chi connectivity index (χ4n) is 2.42. The number of benzene rings is 3. The van der Waals surface area contributed by atoms with Crippen molar-refractivity contribution in [2.45, 2.75) is 6.92 Å². The van der Waals surface area contributed by atoms with Crippen LogP contribution in [0.3, 0.4) is 0 Å². The second kappa shape index (κ2) is 6.77. The molecule has 23 heavy (non-hydrogen) atoms. The van der Waals surface area contributed by atoms with E-state index in [1.807, 2.05) is 54.6 Å². The third-order valence-corrected chi connectivity index (χ3v) is 3.64. The van der Waals surface area contributed by atoms with Crippen molar-refractivity contribution in [1.82, 2.24) is 0 Å². The summed E-state index contributed by atoms with van der Waals surface area (Å²) in [6.45, 7) is 1.56. The molecule has 0 fully saturated rings. The normalized spacial score (nSPS) is 9.78. The third-order valence-electron chi connectivity index (χ3n) is 3.64. The summed E-state index contributed by atoms with van der Waals surface area (Å²) in [5, 5.41) is 0. The Hall–Kier alpha value is -3.11. The van der Waals surface area contributed by atoms with E-state index in [-0.39, 0.29) is 5.78 Å². The van der Waals surface area contributed by atoms with Crippen molar-refractivity contribution in [3.05, 3.63) is 95.6 Å². The van der Waals surface area contributed by atoms with Crippen LogP contribution >= 0.6 is 0 Å². The zero-order valence-electron chi connectivity index (χ0n) is 12.9. The molecule has 0 N–H and O–H groups in total. The van der Waals surface area contributed by atoms with Gasteiger partial charge in [-0.3, -0.25) is 4.79 Å². The first-order valence-electron chi connectivity index (χ1n) is 7.51. The van der Waals surface area contributed by atoms with E-state index in [2.05, 4.69) is 36.1 Å². The maximum atomic E-state index is 11.6. The SMILES string of the molecule is CC(=O)c1ccccc1C#Cc1ccc(-c2ccccc2)cc1. The molecule has 0 atom stereocenters. The lowest BCUT2D eigenvalue weighted by molar-refractivity contribution is 0.101. The summed E-state index contributed by atoms with van der Waals surface area (Å²) < 4.78 is 0. The Morgan fingerprint density at radius 1 is 0.696 bits per heavy atom. The van der Waals surface area contributed by atoms with Gasteiger partial charge in [0.05, 0.1) is 0 Å². The van der Waals surface area contributed by atoms with Crippen LogP contribution in [0.4, 0.5) is 0 Å². The standard InChI is InChI=1S/C22H16O/c1-17(23)22-10-6-5-9-21(22)16-13-18-11-14-20(15-12-18)19-7-3-2-4-8-19/h2-12,14-15H,1H3. The molecule has 1 heteroatoms. The first-order chi connectivity index (χ1) is 11.2. The van der Waals surface area contributed by atoms with Gasteiger partial charge in [-0.2, -0.15) is 0 Å². The lowest BCUT2D eigenvalue weighted by Gasteiger charge is -2.01. The Balaban J connectivity index is 1.87. The van der Waals surface area contributed by atoms with Gasteiger partial charge in [-0.15, -0.1) is 0 Å². The Labute approximate surface area is 136 Å². The summed E-state index contributed by atoms with van der Waals surface area (Å²) in [5.41, 5.74) is 4.73. The molecule has 0 heterocycles. The van der Waals surface area contributed by atoms with Gasteiger partial charge < -0.3 is 0 Å². The van der Waals surface area contributed by atoms with Gasteiger partial charge in [0, 0.05) is 16.7 Å². The Morgan fingerprint density at radius 2 is 1.30 bits per heavy atom. The van der Waals surface area contributed by atoms with Gasteiger partial charge >= 0.3 is 0 Å². The maximum Gasteiger partial charge on any atom is 0.161 e. The maximum absolute atomic E-state index is 11.6. The lowest BCUT2D eigenvalue weighted by Crippen LogP contribution is -1.95. The molecule has 3 aromatic rings. The summed E-state index contributed by atoms with van der Waals surface area (Å²) in [7, 11) is 0. The molecule has 0 saturated heterocycles. The smallest absolute Gasteiger partial charge is 0.161 e. The summed E-state index contributed by atoms with van der Waals surface area (Å²) in [5.74, 6) is 6.27. The molecule has 0 radical (unpaired) electrons. The second-order valence-electron chi connectivity index (χ2n) is 5.30. The monoisotopic (exact) mass is 296 g/mol. The van der Waals surface area contributed by atoms with Crippen molar-refractivity contribution in [3.63, 3.8) is 0 Å². The number of Topliss-reactive ketones (excluding diaryl/α,β-unsaturated/α-hetero) is 1. The fraction of sp³-hybridized carbons (Fsp3) is 0.0455. The summed E-state index contributed by atoms with van der Waals surface area (Å²) in [4.78, 5) is 11.6. The van der Waals surface area contributed by atoms with Crippen molar-refractivity contribution < 1.29 is 4.79 Å². The van der Waals surface area contributed by atoms with E-state index in [1.54, 1.807) is 6.92 Å². The molecule has 0 aliphatic rings. The Bertz CT molecular complexity index is 879. The van der Waals surface area contributed by atoms with E-state index in [4.69, 9.17) is 0 Å². The van der Waals surface area contributed by atoms with E-state index in [9.17, 15) is 4.79 Å². The van der Waals surface area contributed by atoms with Crippen molar-refractivity contribution in [1.29, 1.82) is 0 Å². The lowest BCUT2D eigenvalue weighted by atomic mass is 10.0. The molecule has 3 aromatic carbocycles. The highest BCUT2D eigenvalue weighted by Gasteiger charge is 2.03. The van der Waals surface area contributed by atoms with Crippen molar-refractivity contribution in [3.8, 4) is 23.0 Å². The van der Waals surface area contributed by atoms with E-state index in [0.29, 0.717) is 5.56 Å². The molecule has 0 aliphatic heterocycles. The highest BCUT2D eigenvalue weighted by Crippen LogP contribution is 2.19. The van der Waals surface area contributed by atoms with Gasteiger partial charge in [-0.05, 0) is 36.2 Å². The van der Waals surface area contributed by atoms with E-state index < -0.39 is 0 Å². The van der Waals surface area contributed by atoms with E-state index >= 15 is 0 Å². The van der Waals surface area contributed by atoms with Crippen molar-refractivity contribution in [2.75, 3.05) is 0 Å². The quantitative estimate of drug-likeness (QED) is 0.483. The number of rotatable bonds is 2. The van der Waals surface area contributed by atoms with E-state index in [1.165, 1.54) is 11.1 Å². The zero-order chi connectivity index (χ0) is 16.1. The average Bonchev–Trinajstić information content (AvgIpc) is 2.61. The predicted octanol–water partition coefficient (Wildman–Crippen LogP) is 4.96. The molecule has 0 spiro atoms. The van der Waals surface area contributed by atoms with Crippen LogP contribution in [0, 0.1) is 11.8 Å². The molecule has 0 bridgehead atoms. The fourth-order valence-corrected chi connectivity index (χ4v) is 2.42. The van der Waals surface area contributed by atoms with Crippen LogP contribution in [-0.4, -0.2) is 5.78 Å². The van der Waals surface area contributed by atoms with Crippen LogP contribution in [0.25, 0.3) is 11.1 Å². The van der Waals surface area contributed by atoms with Gasteiger partial charge in [0.2, 0.25) is 0 Å². The van der Waals surface area contributed by atoms with Crippen LogP contribution in [0.2, 0.25) is 0 Å². The van der Waals surface area contributed by atoms with Gasteiger partial charge in [-0.1, -0.05) is 72.5 Å². The number of hydrogen-bond donors (Lipinski definition) is 0.